The normalized spacial score (nSPS) is 10.6. The standard InChI is InChI=1S/C14H13BrINO3/c1-3-11-12(14(18)19-4-2)20-13(17-11)9-7-8(15)5-6-10(9)16/h5-7H,3-4H2,1-2H3. The van der Waals surface area contributed by atoms with Crippen LogP contribution in [0.25, 0.3) is 11.5 Å². The van der Waals surface area contributed by atoms with E-state index in [1.54, 1.807) is 6.92 Å². The van der Waals surface area contributed by atoms with Crippen molar-refractivity contribution in [3.8, 4) is 11.5 Å². The summed E-state index contributed by atoms with van der Waals surface area (Å²) in [6.45, 7) is 4.00. The van der Waals surface area contributed by atoms with Gasteiger partial charge in [0.25, 0.3) is 0 Å². The van der Waals surface area contributed by atoms with Gasteiger partial charge in [-0.25, -0.2) is 9.78 Å². The van der Waals surface area contributed by atoms with Gasteiger partial charge in [-0.15, -0.1) is 0 Å². The Morgan fingerprint density at radius 1 is 1.45 bits per heavy atom. The second kappa shape index (κ2) is 6.71. The summed E-state index contributed by atoms with van der Waals surface area (Å²) in [4.78, 5) is 16.3. The predicted octanol–water partition coefficient (Wildman–Crippen LogP) is 4.45. The van der Waals surface area contributed by atoms with Crippen molar-refractivity contribution < 1.29 is 13.9 Å². The van der Waals surface area contributed by atoms with Gasteiger partial charge in [0.2, 0.25) is 11.7 Å². The fourth-order valence-electron chi connectivity index (χ4n) is 1.72. The Kier molecular flexibility index (Phi) is 5.20. The third-order valence-electron chi connectivity index (χ3n) is 2.65. The quantitative estimate of drug-likeness (QED) is 0.511. The van der Waals surface area contributed by atoms with E-state index in [1.807, 2.05) is 25.1 Å². The zero-order valence-electron chi connectivity index (χ0n) is 11.1. The summed E-state index contributed by atoms with van der Waals surface area (Å²) in [5.74, 6) is 0.170. The number of carbonyl (C=O) groups excluding carboxylic acids is 1. The molecule has 4 nitrogen and oxygen atoms in total. The molecule has 2 rings (SSSR count). The lowest BCUT2D eigenvalue weighted by Gasteiger charge is -2.00. The van der Waals surface area contributed by atoms with Gasteiger partial charge in [0.05, 0.1) is 17.9 Å². The second-order valence-corrected chi connectivity index (χ2v) is 6.07. The number of benzene rings is 1. The molecule has 0 aliphatic heterocycles. The summed E-state index contributed by atoms with van der Waals surface area (Å²) < 4.78 is 12.6. The number of hydrogen-bond acceptors (Lipinski definition) is 4. The van der Waals surface area contributed by atoms with Gasteiger partial charge in [-0.1, -0.05) is 22.9 Å². The van der Waals surface area contributed by atoms with Crippen molar-refractivity contribution in [2.45, 2.75) is 20.3 Å². The van der Waals surface area contributed by atoms with E-state index in [4.69, 9.17) is 9.15 Å². The molecule has 0 fully saturated rings. The van der Waals surface area contributed by atoms with Gasteiger partial charge < -0.3 is 9.15 Å². The van der Waals surface area contributed by atoms with Crippen LogP contribution in [-0.2, 0) is 11.2 Å². The minimum atomic E-state index is -0.465. The van der Waals surface area contributed by atoms with Crippen molar-refractivity contribution in [2.24, 2.45) is 0 Å². The molecule has 0 unspecified atom stereocenters. The molecule has 6 heteroatoms. The number of aromatic nitrogens is 1. The molecule has 0 radical (unpaired) electrons. The zero-order chi connectivity index (χ0) is 14.7. The Bertz CT molecular complexity index is 639. The number of ether oxygens (including phenoxy) is 1. The third-order valence-corrected chi connectivity index (χ3v) is 4.09. The average Bonchev–Trinajstić information content (AvgIpc) is 2.86. The van der Waals surface area contributed by atoms with Gasteiger partial charge in [-0.3, -0.25) is 0 Å². The van der Waals surface area contributed by atoms with Gasteiger partial charge in [-0.05, 0) is 54.1 Å². The van der Waals surface area contributed by atoms with E-state index < -0.39 is 5.97 Å². The van der Waals surface area contributed by atoms with Crippen LogP contribution in [0.3, 0.4) is 0 Å². The van der Waals surface area contributed by atoms with Crippen LogP contribution < -0.4 is 0 Å². The molecule has 0 aliphatic rings. The van der Waals surface area contributed by atoms with E-state index in [0.717, 1.165) is 13.6 Å². The highest BCUT2D eigenvalue weighted by Gasteiger charge is 2.22. The highest BCUT2D eigenvalue weighted by atomic mass is 127. The number of aryl methyl sites for hydroxylation is 1. The topological polar surface area (TPSA) is 52.3 Å². The largest absolute Gasteiger partial charge is 0.460 e. The van der Waals surface area contributed by atoms with Gasteiger partial charge >= 0.3 is 5.97 Å². The van der Waals surface area contributed by atoms with Crippen molar-refractivity contribution >= 4 is 44.5 Å². The van der Waals surface area contributed by atoms with Gasteiger partial charge in [0.1, 0.15) is 0 Å². The first kappa shape index (κ1) is 15.5. The smallest absolute Gasteiger partial charge is 0.376 e. The zero-order valence-corrected chi connectivity index (χ0v) is 14.8. The molecular weight excluding hydrogens is 437 g/mol. The summed E-state index contributed by atoms with van der Waals surface area (Å²) in [5.41, 5.74) is 1.47. The maximum atomic E-state index is 11.9. The molecule has 0 saturated heterocycles. The van der Waals surface area contributed by atoms with Crippen molar-refractivity contribution in [3.05, 3.63) is 37.7 Å². The van der Waals surface area contributed by atoms with Crippen LogP contribution in [0.2, 0.25) is 0 Å². The van der Waals surface area contributed by atoms with Crippen LogP contribution in [0.1, 0.15) is 30.1 Å². The van der Waals surface area contributed by atoms with Crippen LogP contribution >= 0.6 is 38.5 Å². The van der Waals surface area contributed by atoms with Crippen LogP contribution in [0, 0.1) is 3.57 Å². The number of rotatable bonds is 4. The summed E-state index contributed by atoms with van der Waals surface area (Å²) in [7, 11) is 0. The van der Waals surface area contributed by atoms with Gasteiger partial charge in [0, 0.05) is 8.04 Å². The minimum Gasteiger partial charge on any atom is -0.460 e. The lowest BCUT2D eigenvalue weighted by Crippen LogP contribution is -2.05. The van der Waals surface area contributed by atoms with E-state index in [-0.39, 0.29) is 5.76 Å². The molecule has 0 aliphatic carbocycles. The number of nitrogens with zero attached hydrogens (tertiary/aromatic N) is 1. The average molecular weight is 450 g/mol. The number of carbonyl (C=O) groups is 1. The Morgan fingerprint density at radius 2 is 2.20 bits per heavy atom. The van der Waals surface area contributed by atoms with Crippen molar-refractivity contribution in [2.75, 3.05) is 6.61 Å². The minimum absolute atomic E-state index is 0.195. The van der Waals surface area contributed by atoms with E-state index in [0.29, 0.717) is 24.6 Å². The maximum absolute atomic E-state index is 11.9. The van der Waals surface area contributed by atoms with Gasteiger partial charge in [0.15, 0.2) is 0 Å². The highest BCUT2D eigenvalue weighted by molar-refractivity contribution is 14.1. The van der Waals surface area contributed by atoms with E-state index in [2.05, 4.69) is 43.5 Å². The predicted molar refractivity (Wildman–Crippen MR) is 87.7 cm³/mol. The first-order valence-electron chi connectivity index (χ1n) is 6.19. The molecule has 1 aromatic carbocycles. The molecule has 20 heavy (non-hydrogen) atoms. The number of oxazole rings is 1. The maximum Gasteiger partial charge on any atom is 0.376 e. The number of hydrogen-bond donors (Lipinski definition) is 0. The Hall–Kier alpha value is -0.890. The molecule has 0 saturated carbocycles. The first-order chi connectivity index (χ1) is 9.56. The number of esters is 1. The van der Waals surface area contributed by atoms with Crippen LogP contribution in [0.5, 0.6) is 0 Å². The fraction of sp³-hybridized carbons (Fsp3) is 0.286. The Morgan fingerprint density at radius 3 is 2.85 bits per heavy atom. The van der Waals surface area contributed by atoms with E-state index in [1.165, 1.54) is 0 Å². The van der Waals surface area contributed by atoms with E-state index >= 15 is 0 Å². The first-order valence-corrected chi connectivity index (χ1v) is 8.06. The summed E-state index contributed by atoms with van der Waals surface area (Å²) in [6.07, 6.45) is 0.613. The molecular formula is C14H13BrINO3. The van der Waals surface area contributed by atoms with Gasteiger partial charge in [-0.2, -0.15) is 0 Å². The Labute approximate surface area is 139 Å². The summed E-state index contributed by atoms with van der Waals surface area (Å²) >= 11 is 5.64. The second-order valence-electron chi connectivity index (χ2n) is 3.99. The molecule has 2 aromatic rings. The van der Waals surface area contributed by atoms with Crippen LogP contribution in [0.15, 0.2) is 27.1 Å². The van der Waals surface area contributed by atoms with Crippen molar-refractivity contribution in [1.82, 2.24) is 4.98 Å². The van der Waals surface area contributed by atoms with Crippen molar-refractivity contribution in [3.63, 3.8) is 0 Å². The molecule has 0 amide bonds. The Balaban J connectivity index is 2.48. The highest BCUT2D eigenvalue weighted by Crippen LogP contribution is 2.29. The SMILES string of the molecule is CCOC(=O)c1oc(-c2cc(Br)ccc2I)nc1CC. The third kappa shape index (κ3) is 3.22. The lowest BCUT2D eigenvalue weighted by atomic mass is 10.2. The lowest BCUT2D eigenvalue weighted by molar-refractivity contribution is 0.0489. The molecule has 1 heterocycles. The molecule has 1 aromatic heterocycles. The van der Waals surface area contributed by atoms with Crippen LogP contribution in [-0.4, -0.2) is 17.6 Å². The molecule has 0 N–H and O–H groups in total. The molecule has 0 atom stereocenters. The molecule has 0 bridgehead atoms. The summed E-state index contributed by atoms with van der Waals surface area (Å²) in [5, 5.41) is 0. The van der Waals surface area contributed by atoms with Crippen molar-refractivity contribution in [1.29, 1.82) is 0 Å². The summed E-state index contributed by atoms with van der Waals surface area (Å²) in [6, 6.07) is 5.82. The number of halogens is 2. The molecule has 106 valence electrons. The molecule has 0 spiro atoms. The monoisotopic (exact) mass is 449 g/mol. The van der Waals surface area contributed by atoms with Crippen LogP contribution in [0.4, 0.5) is 0 Å². The van der Waals surface area contributed by atoms with E-state index in [9.17, 15) is 4.79 Å². The fourth-order valence-corrected chi connectivity index (χ4v) is 2.65.